The minimum absolute atomic E-state index is 0.381. The molecule has 0 bridgehead atoms. The minimum atomic E-state index is -0.644. The van der Waals surface area contributed by atoms with Crippen molar-refractivity contribution in [3.05, 3.63) is 18.2 Å². The molecule has 0 aliphatic rings. The second kappa shape index (κ2) is 4.65. The SMILES string of the molecule is Cn1cncc1C[C@H](N)C(=O)OC(C)(C)C. The Morgan fingerprint density at radius 1 is 1.62 bits per heavy atom. The van der Waals surface area contributed by atoms with E-state index in [0.717, 1.165) is 5.69 Å². The van der Waals surface area contributed by atoms with Crippen LogP contribution in [0.15, 0.2) is 12.5 Å². The Balaban J connectivity index is 2.56. The lowest BCUT2D eigenvalue weighted by Gasteiger charge is -2.22. The van der Waals surface area contributed by atoms with Crippen LogP contribution in [0.4, 0.5) is 0 Å². The fraction of sp³-hybridized carbons (Fsp3) is 0.636. The van der Waals surface area contributed by atoms with Gasteiger partial charge in [-0.2, -0.15) is 0 Å². The van der Waals surface area contributed by atoms with Gasteiger partial charge in [0.1, 0.15) is 11.6 Å². The molecule has 0 amide bonds. The van der Waals surface area contributed by atoms with E-state index >= 15 is 0 Å². The van der Waals surface area contributed by atoms with Gasteiger partial charge >= 0.3 is 5.97 Å². The van der Waals surface area contributed by atoms with Gasteiger partial charge in [0.25, 0.3) is 0 Å². The van der Waals surface area contributed by atoms with Gasteiger partial charge in [0, 0.05) is 25.4 Å². The Morgan fingerprint density at radius 3 is 2.69 bits per heavy atom. The molecule has 1 aromatic heterocycles. The van der Waals surface area contributed by atoms with Crippen molar-refractivity contribution >= 4 is 5.97 Å². The number of carbonyl (C=O) groups excluding carboxylic acids is 1. The largest absolute Gasteiger partial charge is 0.459 e. The molecular formula is C11H19N3O2. The lowest BCUT2D eigenvalue weighted by atomic mass is 10.1. The summed E-state index contributed by atoms with van der Waals surface area (Å²) in [5.74, 6) is -0.381. The Kier molecular flexibility index (Phi) is 3.70. The predicted octanol–water partition coefficient (Wildman–Crippen LogP) is 0.632. The summed E-state index contributed by atoms with van der Waals surface area (Å²) >= 11 is 0. The van der Waals surface area contributed by atoms with Crippen molar-refractivity contribution in [1.82, 2.24) is 9.55 Å². The van der Waals surface area contributed by atoms with Crippen molar-refractivity contribution in [2.45, 2.75) is 38.8 Å². The lowest BCUT2D eigenvalue weighted by Crippen LogP contribution is -2.39. The topological polar surface area (TPSA) is 70.1 Å². The molecule has 1 atom stereocenters. The number of rotatable bonds is 3. The molecular weight excluding hydrogens is 206 g/mol. The highest BCUT2D eigenvalue weighted by Crippen LogP contribution is 2.09. The third kappa shape index (κ3) is 3.66. The molecule has 0 aromatic carbocycles. The van der Waals surface area contributed by atoms with Crippen molar-refractivity contribution in [3.63, 3.8) is 0 Å². The van der Waals surface area contributed by atoms with E-state index in [1.165, 1.54) is 0 Å². The molecule has 0 aliphatic heterocycles. The molecule has 0 fully saturated rings. The first kappa shape index (κ1) is 12.7. The van der Waals surface area contributed by atoms with Crippen LogP contribution < -0.4 is 5.73 Å². The highest BCUT2D eigenvalue weighted by Gasteiger charge is 2.22. The van der Waals surface area contributed by atoms with E-state index in [-0.39, 0.29) is 5.97 Å². The molecule has 1 heterocycles. The predicted molar refractivity (Wildman–Crippen MR) is 60.7 cm³/mol. The smallest absolute Gasteiger partial charge is 0.323 e. The summed E-state index contributed by atoms with van der Waals surface area (Å²) in [7, 11) is 1.87. The Bertz CT molecular complexity index is 366. The lowest BCUT2D eigenvalue weighted by molar-refractivity contribution is -0.156. The van der Waals surface area contributed by atoms with Crippen molar-refractivity contribution in [1.29, 1.82) is 0 Å². The van der Waals surface area contributed by atoms with Gasteiger partial charge in [-0.25, -0.2) is 4.98 Å². The first-order valence-electron chi connectivity index (χ1n) is 5.23. The van der Waals surface area contributed by atoms with Crippen LogP contribution >= 0.6 is 0 Å². The number of hydrogen-bond donors (Lipinski definition) is 1. The summed E-state index contributed by atoms with van der Waals surface area (Å²) in [5, 5.41) is 0. The maximum absolute atomic E-state index is 11.6. The minimum Gasteiger partial charge on any atom is -0.459 e. The van der Waals surface area contributed by atoms with Crippen LogP contribution in [0.25, 0.3) is 0 Å². The zero-order chi connectivity index (χ0) is 12.3. The van der Waals surface area contributed by atoms with E-state index in [2.05, 4.69) is 4.98 Å². The number of esters is 1. The Hall–Kier alpha value is -1.36. The second-order valence-corrected chi connectivity index (χ2v) is 4.84. The summed E-state index contributed by atoms with van der Waals surface area (Å²) in [6, 6.07) is -0.644. The van der Waals surface area contributed by atoms with E-state index in [1.807, 2.05) is 32.4 Å². The van der Waals surface area contributed by atoms with Crippen molar-refractivity contribution in [2.75, 3.05) is 0 Å². The summed E-state index contributed by atoms with van der Waals surface area (Å²) in [6.07, 6.45) is 3.81. The van der Waals surface area contributed by atoms with E-state index in [9.17, 15) is 4.79 Å². The molecule has 1 rings (SSSR count). The highest BCUT2D eigenvalue weighted by atomic mass is 16.6. The molecule has 90 valence electrons. The van der Waals surface area contributed by atoms with Crippen LogP contribution in [-0.4, -0.2) is 27.2 Å². The van der Waals surface area contributed by atoms with Gasteiger partial charge in [-0.05, 0) is 20.8 Å². The van der Waals surface area contributed by atoms with Gasteiger partial charge in [-0.3, -0.25) is 4.79 Å². The van der Waals surface area contributed by atoms with E-state index in [4.69, 9.17) is 10.5 Å². The third-order valence-electron chi connectivity index (χ3n) is 2.06. The summed E-state index contributed by atoms with van der Waals surface area (Å²) in [4.78, 5) is 15.6. The average molecular weight is 225 g/mol. The van der Waals surface area contributed by atoms with Gasteiger partial charge in [0.05, 0.1) is 6.33 Å². The summed E-state index contributed by atoms with van der Waals surface area (Å²) in [6.45, 7) is 5.46. The second-order valence-electron chi connectivity index (χ2n) is 4.84. The zero-order valence-corrected chi connectivity index (χ0v) is 10.2. The van der Waals surface area contributed by atoms with E-state index in [0.29, 0.717) is 6.42 Å². The average Bonchev–Trinajstić information content (AvgIpc) is 2.49. The molecule has 0 spiro atoms. The van der Waals surface area contributed by atoms with Gasteiger partial charge in [0.2, 0.25) is 0 Å². The molecule has 0 radical (unpaired) electrons. The first-order valence-corrected chi connectivity index (χ1v) is 5.23. The van der Waals surface area contributed by atoms with Gasteiger partial charge in [-0.1, -0.05) is 0 Å². The third-order valence-corrected chi connectivity index (χ3v) is 2.06. The number of nitrogens with zero attached hydrogens (tertiary/aromatic N) is 2. The first-order chi connectivity index (χ1) is 7.29. The molecule has 0 saturated carbocycles. The number of aryl methyl sites for hydroxylation is 1. The van der Waals surface area contributed by atoms with Crippen LogP contribution in [0.2, 0.25) is 0 Å². The van der Waals surface area contributed by atoms with Crippen molar-refractivity contribution < 1.29 is 9.53 Å². The van der Waals surface area contributed by atoms with Crippen LogP contribution in [0.3, 0.4) is 0 Å². The highest BCUT2D eigenvalue weighted by molar-refractivity contribution is 5.76. The molecule has 5 nitrogen and oxygen atoms in total. The number of aromatic nitrogens is 2. The number of imidazole rings is 1. The molecule has 0 saturated heterocycles. The quantitative estimate of drug-likeness (QED) is 0.766. The maximum atomic E-state index is 11.6. The molecule has 2 N–H and O–H groups in total. The van der Waals surface area contributed by atoms with E-state index in [1.54, 1.807) is 12.5 Å². The number of carbonyl (C=O) groups is 1. The van der Waals surface area contributed by atoms with Crippen molar-refractivity contribution in [2.24, 2.45) is 12.8 Å². The Labute approximate surface area is 95.6 Å². The molecule has 5 heteroatoms. The van der Waals surface area contributed by atoms with E-state index < -0.39 is 11.6 Å². The normalized spacial score (nSPS) is 13.6. The van der Waals surface area contributed by atoms with Gasteiger partial charge in [-0.15, -0.1) is 0 Å². The molecule has 1 aromatic rings. The van der Waals surface area contributed by atoms with Crippen LogP contribution in [0.5, 0.6) is 0 Å². The summed E-state index contributed by atoms with van der Waals surface area (Å²) in [5.41, 5.74) is 6.19. The number of ether oxygens (including phenoxy) is 1. The van der Waals surface area contributed by atoms with Gasteiger partial charge in [0.15, 0.2) is 0 Å². The van der Waals surface area contributed by atoms with Crippen LogP contribution in [-0.2, 0) is 23.0 Å². The van der Waals surface area contributed by atoms with Crippen LogP contribution in [0.1, 0.15) is 26.5 Å². The fourth-order valence-corrected chi connectivity index (χ4v) is 1.27. The fourth-order valence-electron chi connectivity index (χ4n) is 1.27. The van der Waals surface area contributed by atoms with Crippen LogP contribution in [0, 0.1) is 0 Å². The summed E-state index contributed by atoms with van der Waals surface area (Å²) < 4.78 is 7.03. The zero-order valence-electron chi connectivity index (χ0n) is 10.2. The Morgan fingerprint density at radius 2 is 2.25 bits per heavy atom. The van der Waals surface area contributed by atoms with Gasteiger partial charge < -0.3 is 15.0 Å². The molecule has 0 unspecified atom stereocenters. The number of hydrogen-bond acceptors (Lipinski definition) is 4. The molecule has 16 heavy (non-hydrogen) atoms. The maximum Gasteiger partial charge on any atom is 0.323 e. The standard InChI is InChI=1S/C11H19N3O2/c1-11(2,3)16-10(15)9(12)5-8-6-13-7-14(8)4/h6-7,9H,5,12H2,1-4H3/t9-/m0/s1. The number of nitrogens with two attached hydrogens (primary N) is 1. The van der Waals surface area contributed by atoms with Crippen molar-refractivity contribution in [3.8, 4) is 0 Å². The monoisotopic (exact) mass is 225 g/mol. The molecule has 0 aliphatic carbocycles.